The zero-order chi connectivity index (χ0) is 21.0. The van der Waals surface area contributed by atoms with Crippen LogP contribution in [0.4, 0.5) is 5.82 Å². The first-order valence-corrected chi connectivity index (χ1v) is 12.3. The molecule has 31 heavy (non-hydrogen) atoms. The second-order valence-corrected chi connectivity index (χ2v) is 8.73. The summed E-state index contributed by atoms with van der Waals surface area (Å²) < 4.78 is 0. The van der Waals surface area contributed by atoms with Crippen molar-refractivity contribution in [2.75, 3.05) is 44.2 Å². The number of hydrogen-bond donors (Lipinski definition) is 2. The average Bonchev–Trinajstić information content (AvgIpc) is 3.07. The second kappa shape index (κ2) is 14.9. The number of piperidine rings is 1. The highest BCUT2D eigenvalue weighted by Gasteiger charge is 2.19. The minimum absolute atomic E-state index is 0. The number of guanidine groups is 1. The highest BCUT2D eigenvalue weighted by atomic mass is 127. The van der Waals surface area contributed by atoms with Gasteiger partial charge in [-0.1, -0.05) is 26.2 Å². The van der Waals surface area contributed by atoms with Crippen molar-refractivity contribution >= 4 is 35.8 Å². The maximum absolute atomic E-state index is 4.89. The molecular formula is C24H43IN6. The van der Waals surface area contributed by atoms with Crippen molar-refractivity contribution in [3.63, 3.8) is 0 Å². The number of nitrogens with zero attached hydrogens (tertiary/aromatic N) is 4. The van der Waals surface area contributed by atoms with E-state index in [0.29, 0.717) is 12.6 Å². The number of aliphatic imine (C=N–C) groups is 1. The standard InChI is InChI=1S/C24H42N6.HI/c1-3-5-14-29-17-11-22(12-18-29)28-24(25-4-2)27-20-21-10-13-26-23(19-21)30-15-8-6-7-9-16-30;/h10,13,19,22H,3-9,11-12,14-18,20H2,1-2H3,(H2,25,27,28);1H. The lowest BCUT2D eigenvalue weighted by Gasteiger charge is -2.33. The fourth-order valence-electron chi connectivity index (χ4n) is 4.40. The molecule has 6 nitrogen and oxygen atoms in total. The Balaban J connectivity index is 0.00000341. The number of likely N-dealkylation sites (tertiary alicyclic amines) is 1. The number of rotatable bonds is 8. The van der Waals surface area contributed by atoms with E-state index in [4.69, 9.17) is 4.99 Å². The van der Waals surface area contributed by atoms with E-state index in [1.165, 1.54) is 76.6 Å². The summed E-state index contributed by atoms with van der Waals surface area (Å²) in [6.07, 6.45) is 12.2. The molecule has 176 valence electrons. The summed E-state index contributed by atoms with van der Waals surface area (Å²) in [7, 11) is 0. The number of nitrogens with one attached hydrogen (secondary N) is 2. The lowest BCUT2D eigenvalue weighted by molar-refractivity contribution is 0.203. The van der Waals surface area contributed by atoms with Gasteiger partial charge in [-0.2, -0.15) is 0 Å². The first kappa shape index (κ1) is 26.2. The van der Waals surface area contributed by atoms with Gasteiger partial charge in [0.05, 0.1) is 6.54 Å². The number of pyridine rings is 1. The molecule has 0 unspecified atom stereocenters. The summed E-state index contributed by atoms with van der Waals surface area (Å²) in [5.41, 5.74) is 1.23. The molecule has 2 fully saturated rings. The monoisotopic (exact) mass is 542 g/mol. The SMILES string of the molecule is CCCCN1CCC(NC(=NCc2ccnc(N3CCCCCC3)c2)NCC)CC1.I. The van der Waals surface area contributed by atoms with Gasteiger partial charge in [-0.15, -0.1) is 24.0 Å². The Kier molecular flexibility index (Phi) is 12.6. The van der Waals surface area contributed by atoms with E-state index in [-0.39, 0.29) is 24.0 Å². The predicted molar refractivity (Wildman–Crippen MR) is 143 cm³/mol. The molecule has 0 radical (unpaired) electrons. The number of anilines is 1. The Morgan fingerprint density at radius 3 is 2.52 bits per heavy atom. The summed E-state index contributed by atoms with van der Waals surface area (Å²) in [6, 6.07) is 4.84. The van der Waals surface area contributed by atoms with Crippen LogP contribution in [0.2, 0.25) is 0 Å². The molecule has 1 aromatic heterocycles. The molecule has 0 aliphatic carbocycles. The largest absolute Gasteiger partial charge is 0.357 e. The van der Waals surface area contributed by atoms with Crippen LogP contribution in [0, 0.1) is 0 Å². The molecule has 1 aromatic rings. The van der Waals surface area contributed by atoms with Crippen LogP contribution in [0.5, 0.6) is 0 Å². The van der Waals surface area contributed by atoms with Crippen LogP contribution in [-0.2, 0) is 6.54 Å². The number of unbranched alkanes of at least 4 members (excludes halogenated alkanes) is 1. The smallest absolute Gasteiger partial charge is 0.191 e. The molecule has 3 heterocycles. The van der Waals surface area contributed by atoms with Gasteiger partial charge in [-0.3, -0.25) is 0 Å². The number of hydrogen-bond acceptors (Lipinski definition) is 4. The lowest BCUT2D eigenvalue weighted by Crippen LogP contribution is -2.48. The van der Waals surface area contributed by atoms with Crippen LogP contribution in [0.15, 0.2) is 23.3 Å². The van der Waals surface area contributed by atoms with Gasteiger partial charge in [0.1, 0.15) is 5.82 Å². The van der Waals surface area contributed by atoms with Gasteiger partial charge in [0.2, 0.25) is 0 Å². The highest BCUT2D eigenvalue weighted by molar-refractivity contribution is 14.0. The van der Waals surface area contributed by atoms with Gasteiger partial charge < -0.3 is 20.4 Å². The van der Waals surface area contributed by atoms with Crippen molar-refractivity contribution in [2.24, 2.45) is 4.99 Å². The average molecular weight is 543 g/mol. The summed E-state index contributed by atoms with van der Waals surface area (Å²) in [4.78, 5) is 14.6. The zero-order valence-electron chi connectivity index (χ0n) is 19.6. The molecule has 3 rings (SSSR count). The fourth-order valence-corrected chi connectivity index (χ4v) is 4.40. The van der Waals surface area contributed by atoms with E-state index >= 15 is 0 Å². The van der Waals surface area contributed by atoms with Gasteiger partial charge >= 0.3 is 0 Å². The Morgan fingerprint density at radius 2 is 1.84 bits per heavy atom. The summed E-state index contributed by atoms with van der Waals surface area (Å²) in [5.74, 6) is 2.06. The van der Waals surface area contributed by atoms with Gasteiger partial charge in [0.15, 0.2) is 5.96 Å². The van der Waals surface area contributed by atoms with Crippen LogP contribution in [-0.4, -0.2) is 61.2 Å². The molecular weight excluding hydrogens is 499 g/mol. The molecule has 0 amide bonds. The van der Waals surface area contributed by atoms with E-state index in [1.807, 2.05) is 6.20 Å². The first-order chi connectivity index (χ1) is 14.8. The number of halogens is 1. The Bertz CT molecular complexity index is 637. The van der Waals surface area contributed by atoms with Crippen molar-refractivity contribution in [3.8, 4) is 0 Å². The van der Waals surface area contributed by atoms with Crippen LogP contribution in [0.25, 0.3) is 0 Å². The minimum Gasteiger partial charge on any atom is -0.357 e. The maximum Gasteiger partial charge on any atom is 0.191 e. The van der Waals surface area contributed by atoms with Crippen LogP contribution in [0.3, 0.4) is 0 Å². The molecule has 0 saturated carbocycles. The first-order valence-electron chi connectivity index (χ1n) is 12.3. The van der Waals surface area contributed by atoms with Crippen LogP contribution in [0.1, 0.15) is 70.8 Å². The van der Waals surface area contributed by atoms with Crippen molar-refractivity contribution in [1.82, 2.24) is 20.5 Å². The molecule has 2 aliphatic heterocycles. The van der Waals surface area contributed by atoms with Crippen molar-refractivity contribution < 1.29 is 0 Å². The van der Waals surface area contributed by atoms with E-state index in [2.05, 4.69) is 51.4 Å². The number of aromatic nitrogens is 1. The third kappa shape index (κ3) is 9.12. The normalized spacial score (nSPS) is 18.9. The molecule has 2 saturated heterocycles. The third-order valence-corrected chi connectivity index (χ3v) is 6.26. The van der Waals surface area contributed by atoms with E-state index in [0.717, 1.165) is 31.4 Å². The van der Waals surface area contributed by atoms with E-state index in [9.17, 15) is 0 Å². The van der Waals surface area contributed by atoms with Gasteiger partial charge in [-0.05, 0) is 63.3 Å². The van der Waals surface area contributed by atoms with Gasteiger partial charge in [0, 0.05) is 45.0 Å². The predicted octanol–water partition coefficient (Wildman–Crippen LogP) is 4.40. The van der Waals surface area contributed by atoms with Gasteiger partial charge in [0.25, 0.3) is 0 Å². The quantitative estimate of drug-likeness (QED) is 0.290. The second-order valence-electron chi connectivity index (χ2n) is 8.73. The van der Waals surface area contributed by atoms with Crippen LogP contribution >= 0.6 is 24.0 Å². The minimum atomic E-state index is 0. The van der Waals surface area contributed by atoms with E-state index in [1.54, 1.807) is 0 Å². The molecule has 0 spiro atoms. The molecule has 2 aliphatic rings. The molecule has 7 heteroatoms. The van der Waals surface area contributed by atoms with Crippen molar-refractivity contribution in [3.05, 3.63) is 23.9 Å². The summed E-state index contributed by atoms with van der Waals surface area (Å²) in [6.45, 7) is 11.9. The fraction of sp³-hybridized carbons (Fsp3) is 0.750. The summed E-state index contributed by atoms with van der Waals surface area (Å²) >= 11 is 0. The maximum atomic E-state index is 4.89. The lowest BCUT2D eigenvalue weighted by atomic mass is 10.0. The highest BCUT2D eigenvalue weighted by Crippen LogP contribution is 2.18. The molecule has 0 bridgehead atoms. The van der Waals surface area contributed by atoms with Crippen molar-refractivity contribution in [2.45, 2.75) is 77.8 Å². The summed E-state index contributed by atoms with van der Waals surface area (Å²) in [5, 5.41) is 7.11. The molecule has 2 N–H and O–H groups in total. The van der Waals surface area contributed by atoms with E-state index < -0.39 is 0 Å². The topological polar surface area (TPSA) is 55.8 Å². The Labute approximate surface area is 206 Å². The molecule has 0 atom stereocenters. The van der Waals surface area contributed by atoms with Crippen LogP contribution < -0.4 is 15.5 Å². The van der Waals surface area contributed by atoms with Crippen molar-refractivity contribution in [1.29, 1.82) is 0 Å². The Hall–Kier alpha value is -1.09. The zero-order valence-corrected chi connectivity index (χ0v) is 21.9. The third-order valence-electron chi connectivity index (χ3n) is 6.26. The Morgan fingerprint density at radius 1 is 1.10 bits per heavy atom. The molecule has 0 aromatic carbocycles. The van der Waals surface area contributed by atoms with Gasteiger partial charge in [-0.25, -0.2) is 9.98 Å².